The van der Waals surface area contributed by atoms with Crippen LogP contribution in [-0.2, 0) is 22.4 Å². The molecule has 0 saturated carbocycles. The second-order valence-electron chi connectivity index (χ2n) is 7.57. The van der Waals surface area contributed by atoms with Gasteiger partial charge in [0.25, 0.3) is 0 Å². The number of nitrogens with zero attached hydrogens (tertiary/aromatic N) is 2. The molecule has 1 unspecified atom stereocenters. The zero-order valence-corrected chi connectivity index (χ0v) is 16.6. The average Bonchev–Trinajstić information content (AvgIpc) is 2.75. The number of nitrogens with one attached hydrogen (secondary N) is 1. The quantitative estimate of drug-likeness (QED) is 0.633. The summed E-state index contributed by atoms with van der Waals surface area (Å²) in [5, 5.41) is 3.30. The number of rotatable bonds is 10. The van der Waals surface area contributed by atoms with Crippen molar-refractivity contribution in [2.45, 2.75) is 69.9 Å². The van der Waals surface area contributed by atoms with E-state index in [-0.39, 0.29) is 18.1 Å². The maximum Gasteiger partial charge on any atom is 0.323 e. The minimum Gasteiger partial charge on any atom is -0.461 e. The minimum atomic E-state index is -0.132. The van der Waals surface area contributed by atoms with Crippen molar-refractivity contribution >= 4 is 5.97 Å². The van der Waals surface area contributed by atoms with Crippen LogP contribution in [0, 0.1) is 0 Å². The molecule has 1 N–H and O–H groups in total. The second kappa shape index (κ2) is 11.5. The highest BCUT2D eigenvalue weighted by Gasteiger charge is 2.24. The topological polar surface area (TPSA) is 64.1 Å². The third kappa shape index (κ3) is 7.04. The molecule has 2 aromatic rings. The number of pyridine rings is 2. The second-order valence-corrected chi connectivity index (χ2v) is 7.57. The van der Waals surface area contributed by atoms with E-state index in [1.165, 1.54) is 11.1 Å². The molecule has 150 valence electrons. The Labute approximate surface area is 167 Å². The summed E-state index contributed by atoms with van der Waals surface area (Å²) in [5.41, 5.74) is 2.47. The first-order valence-corrected chi connectivity index (χ1v) is 10.5. The molecule has 5 nitrogen and oxygen atoms in total. The van der Waals surface area contributed by atoms with Crippen LogP contribution in [0.15, 0.2) is 49.1 Å². The summed E-state index contributed by atoms with van der Waals surface area (Å²) in [7, 11) is 0. The minimum absolute atomic E-state index is 0.0235. The summed E-state index contributed by atoms with van der Waals surface area (Å²) in [5.74, 6) is -0.0764. The molecule has 1 aliphatic heterocycles. The first kappa shape index (κ1) is 20.5. The number of piperidine rings is 1. The fourth-order valence-corrected chi connectivity index (χ4v) is 3.72. The van der Waals surface area contributed by atoms with Gasteiger partial charge in [-0.3, -0.25) is 14.8 Å². The molecular weight excluding hydrogens is 350 g/mol. The van der Waals surface area contributed by atoms with E-state index in [0.717, 1.165) is 64.3 Å². The highest BCUT2D eigenvalue weighted by molar-refractivity contribution is 5.76. The average molecular weight is 382 g/mol. The monoisotopic (exact) mass is 381 g/mol. The van der Waals surface area contributed by atoms with Crippen molar-refractivity contribution in [2.24, 2.45) is 0 Å². The van der Waals surface area contributed by atoms with E-state index in [4.69, 9.17) is 4.74 Å². The first-order chi connectivity index (χ1) is 13.8. The lowest BCUT2D eigenvalue weighted by Crippen LogP contribution is -2.42. The van der Waals surface area contributed by atoms with Crippen LogP contribution in [-0.4, -0.2) is 34.6 Å². The fraction of sp³-hybridized carbons (Fsp3) is 0.522. The number of aryl methyl sites for hydroxylation is 2. The van der Waals surface area contributed by atoms with Gasteiger partial charge >= 0.3 is 5.97 Å². The van der Waals surface area contributed by atoms with E-state index < -0.39 is 0 Å². The largest absolute Gasteiger partial charge is 0.461 e. The molecule has 2 aromatic heterocycles. The lowest BCUT2D eigenvalue weighted by atomic mass is 10.0. The standard InChI is InChI=1S/C23H31N3O2/c27-23(22-13-1-2-16-26-22)28-21(11-3-7-19-9-5-14-24-17-19)12-4-8-20-10-6-15-25-18-20/h5-6,9-10,14-15,17-18,21-22,26H,1-4,7-8,11-13,16H2. The van der Waals surface area contributed by atoms with Crippen molar-refractivity contribution in [2.75, 3.05) is 6.54 Å². The molecule has 0 aromatic carbocycles. The van der Waals surface area contributed by atoms with Crippen LogP contribution < -0.4 is 5.32 Å². The maximum atomic E-state index is 12.6. The molecule has 0 bridgehead atoms. The Bertz CT molecular complexity index is 642. The van der Waals surface area contributed by atoms with Gasteiger partial charge in [0.1, 0.15) is 12.1 Å². The number of hydrogen-bond donors (Lipinski definition) is 1. The zero-order chi connectivity index (χ0) is 19.4. The van der Waals surface area contributed by atoms with Gasteiger partial charge in [-0.1, -0.05) is 18.6 Å². The summed E-state index contributed by atoms with van der Waals surface area (Å²) in [4.78, 5) is 20.9. The SMILES string of the molecule is O=C(OC(CCCc1cccnc1)CCCc1cccnc1)C1CCCCN1. The Morgan fingerprint density at radius 3 is 2.18 bits per heavy atom. The smallest absolute Gasteiger partial charge is 0.323 e. The van der Waals surface area contributed by atoms with E-state index >= 15 is 0 Å². The number of ether oxygens (including phenoxy) is 1. The van der Waals surface area contributed by atoms with E-state index in [9.17, 15) is 4.79 Å². The summed E-state index contributed by atoms with van der Waals surface area (Å²) in [6.45, 7) is 0.909. The molecule has 1 aliphatic rings. The van der Waals surface area contributed by atoms with Gasteiger partial charge in [0, 0.05) is 24.8 Å². The van der Waals surface area contributed by atoms with Crippen molar-refractivity contribution < 1.29 is 9.53 Å². The van der Waals surface area contributed by atoms with Gasteiger partial charge in [-0.2, -0.15) is 0 Å². The van der Waals surface area contributed by atoms with Crippen LogP contribution in [0.1, 0.15) is 56.1 Å². The van der Waals surface area contributed by atoms with E-state index in [2.05, 4.69) is 27.4 Å². The Hall–Kier alpha value is -2.27. The van der Waals surface area contributed by atoms with Crippen LogP contribution in [0.2, 0.25) is 0 Å². The van der Waals surface area contributed by atoms with Gasteiger partial charge in [0.2, 0.25) is 0 Å². The molecule has 0 radical (unpaired) electrons. The molecule has 3 rings (SSSR count). The summed E-state index contributed by atoms with van der Waals surface area (Å²) in [6, 6.07) is 8.00. The molecule has 1 atom stereocenters. The number of carbonyl (C=O) groups excluding carboxylic acids is 1. The Balaban J connectivity index is 1.49. The maximum absolute atomic E-state index is 12.6. The highest BCUT2D eigenvalue weighted by Crippen LogP contribution is 2.17. The van der Waals surface area contributed by atoms with Gasteiger partial charge in [0.15, 0.2) is 0 Å². The third-order valence-electron chi connectivity index (χ3n) is 5.31. The molecule has 28 heavy (non-hydrogen) atoms. The van der Waals surface area contributed by atoms with Gasteiger partial charge in [-0.25, -0.2) is 0 Å². The summed E-state index contributed by atoms with van der Waals surface area (Å²) >= 11 is 0. The summed E-state index contributed by atoms with van der Waals surface area (Å²) < 4.78 is 5.93. The molecule has 3 heterocycles. The fourth-order valence-electron chi connectivity index (χ4n) is 3.72. The van der Waals surface area contributed by atoms with Crippen molar-refractivity contribution in [3.05, 3.63) is 60.2 Å². The van der Waals surface area contributed by atoms with Gasteiger partial charge in [-0.05, 0) is 81.2 Å². The number of carbonyl (C=O) groups is 1. The van der Waals surface area contributed by atoms with Gasteiger partial charge < -0.3 is 10.1 Å². The number of aromatic nitrogens is 2. The normalized spacial score (nSPS) is 16.8. The van der Waals surface area contributed by atoms with Crippen molar-refractivity contribution in [1.29, 1.82) is 0 Å². The summed E-state index contributed by atoms with van der Waals surface area (Å²) in [6.07, 6.45) is 16.2. The van der Waals surface area contributed by atoms with Crippen molar-refractivity contribution in [3.8, 4) is 0 Å². The molecule has 1 saturated heterocycles. The highest BCUT2D eigenvalue weighted by atomic mass is 16.5. The molecule has 0 spiro atoms. The van der Waals surface area contributed by atoms with Crippen molar-refractivity contribution in [1.82, 2.24) is 15.3 Å². The lowest BCUT2D eigenvalue weighted by molar-refractivity contribution is -0.153. The van der Waals surface area contributed by atoms with E-state index in [1.54, 1.807) is 12.4 Å². The van der Waals surface area contributed by atoms with Crippen LogP contribution in [0.4, 0.5) is 0 Å². The zero-order valence-electron chi connectivity index (χ0n) is 16.6. The Kier molecular flexibility index (Phi) is 8.44. The number of hydrogen-bond acceptors (Lipinski definition) is 5. The van der Waals surface area contributed by atoms with E-state index in [0.29, 0.717) is 0 Å². The molecule has 0 aliphatic carbocycles. The Morgan fingerprint density at radius 2 is 1.68 bits per heavy atom. The Morgan fingerprint density at radius 1 is 1.04 bits per heavy atom. The van der Waals surface area contributed by atoms with E-state index in [1.807, 2.05) is 24.5 Å². The van der Waals surface area contributed by atoms with Crippen LogP contribution >= 0.6 is 0 Å². The number of esters is 1. The predicted octanol–water partition coefficient (Wildman–Crippen LogP) is 3.88. The van der Waals surface area contributed by atoms with Gasteiger partial charge in [-0.15, -0.1) is 0 Å². The molecule has 0 amide bonds. The first-order valence-electron chi connectivity index (χ1n) is 10.5. The van der Waals surface area contributed by atoms with Crippen LogP contribution in [0.25, 0.3) is 0 Å². The molecule has 5 heteroatoms. The van der Waals surface area contributed by atoms with Gasteiger partial charge in [0.05, 0.1) is 0 Å². The molecule has 1 fully saturated rings. The third-order valence-corrected chi connectivity index (χ3v) is 5.31. The van der Waals surface area contributed by atoms with Crippen LogP contribution in [0.3, 0.4) is 0 Å². The van der Waals surface area contributed by atoms with Crippen molar-refractivity contribution in [3.63, 3.8) is 0 Å². The lowest BCUT2D eigenvalue weighted by Gasteiger charge is -2.25. The molecular formula is C23H31N3O2. The van der Waals surface area contributed by atoms with Crippen LogP contribution in [0.5, 0.6) is 0 Å². The predicted molar refractivity (Wildman–Crippen MR) is 110 cm³/mol.